The van der Waals surface area contributed by atoms with Crippen molar-refractivity contribution >= 4 is 70.7 Å². The van der Waals surface area contributed by atoms with E-state index in [4.69, 9.17) is 29.7 Å². The topological polar surface area (TPSA) is 126 Å². The first-order valence-corrected chi connectivity index (χ1v) is 24.4. The van der Waals surface area contributed by atoms with Crippen LogP contribution in [0.5, 0.6) is 0 Å². The van der Waals surface area contributed by atoms with Gasteiger partial charge in [-0.25, -0.2) is 0 Å². The van der Waals surface area contributed by atoms with Crippen molar-refractivity contribution in [3.63, 3.8) is 0 Å². The molecule has 6 rings (SSSR count). The van der Waals surface area contributed by atoms with Gasteiger partial charge in [0, 0.05) is 12.0 Å². The molecule has 0 saturated carbocycles. The third-order valence-electron chi connectivity index (χ3n) is 14.5. The van der Waals surface area contributed by atoms with E-state index in [1.807, 2.05) is 38.2 Å². The van der Waals surface area contributed by atoms with Gasteiger partial charge in [0.1, 0.15) is 5.92 Å². The average Bonchev–Trinajstić information content (AvgIpc) is 3.99. The number of hydrogen-bond donors (Lipinski definition) is 0. The van der Waals surface area contributed by atoms with E-state index in [0.29, 0.717) is 52.7 Å². The minimum absolute atomic E-state index is 0. The number of carbonyl (C=O) groups is 3. The molecule has 0 spiro atoms. The van der Waals surface area contributed by atoms with Crippen LogP contribution in [-0.2, 0) is 25.5 Å². The number of carbonyl (C=O) groups excluding carboxylic acids is 3. The van der Waals surface area contributed by atoms with Gasteiger partial charge >= 0.3 is 35.0 Å². The average molecular weight is 896 g/mol. The number of rotatable bonds is 21. The Bertz CT molecular complexity index is 2390. The van der Waals surface area contributed by atoms with Crippen molar-refractivity contribution in [3.8, 4) is 0 Å². The maximum Gasteiger partial charge on any atom is 2.00 e. The summed E-state index contributed by atoms with van der Waals surface area (Å²) in [4.78, 5) is 56.7. The van der Waals surface area contributed by atoms with Gasteiger partial charge < -0.3 is 29.7 Å². The van der Waals surface area contributed by atoms with Gasteiger partial charge in [-0.3, -0.25) is 14.4 Å². The van der Waals surface area contributed by atoms with Crippen LogP contribution in [0, 0.1) is 62.2 Å². The molecular formula is C55H74MgN4O5-2. The molecule has 10 heteroatoms. The maximum absolute atomic E-state index is 14.4. The monoisotopic (exact) mass is 895 g/mol. The van der Waals surface area contributed by atoms with Crippen LogP contribution < -0.4 is 25.7 Å². The molecule has 0 aromatic carbocycles. The third kappa shape index (κ3) is 11.8. The minimum atomic E-state index is -1.21. The van der Waals surface area contributed by atoms with Gasteiger partial charge in [-0.2, -0.15) is 11.4 Å². The Labute approximate surface area is 405 Å². The second kappa shape index (κ2) is 23.1. The van der Waals surface area contributed by atoms with Gasteiger partial charge in [0.25, 0.3) is 0 Å². The van der Waals surface area contributed by atoms with Crippen molar-refractivity contribution in [3.05, 3.63) is 90.1 Å². The predicted octanol–water partition coefficient (Wildman–Crippen LogP) is 10.4. The molecule has 348 valence electrons. The second-order valence-electron chi connectivity index (χ2n) is 19.8. The minimum Gasteiger partial charge on any atom is -0.664 e. The summed E-state index contributed by atoms with van der Waals surface area (Å²) in [5.41, 5.74) is 9.55. The van der Waals surface area contributed by atoms with Crippen LogP contribution >= 0.6 is 0 Å². The Kier molecular flexibility index (Phi) is 18.5. The van der Waals surface area contributed by atoms with Crippen LogP contribution in [0.15, 0.2) is 18.0 Å². The molecule has 8 bridgehead atoms. The summed E-state index contributed by atoms with van der Waals surface area (Å²) in [5.74, 6) is -0.108. The van der Waals surface area contributed by atoms with Crippen LogP contribution in [0.1, 0.15) is 186 Å². The summed E-state index contributed by atoms with van der Waals surface area (Å²) in [6.07, 6.45) is 21.6. The van der Waals surface area contributed by atoms with Crippen LogP contribution in [0.2, 0.25) is 0 Å². The molecule has 6 atom stereocenters. The van der Waals surface area contributed by atoms with Crippen LogP contribution in [0.4, 0.5) is 0 Å². The van der Waals surface area contributed by atoms with Crippen molar-refractivity contribution in [1.82, 2.24) is 15.0 Å². The van der Waals surface area contributed by atoms with Gasteiger partial charge in [0.15, 0.2) is 5.78 Å². The van der Waals surface area contributed by atoms with E-state index in [1.165, 1.54) is 58.5 Å². The SMILES string of the molecule is C=Cc1c2[n-]c(c1C)/C=C1\[N-]/C(=C3\c4[n-]c(c(C)c4C(=O)[C@@H]3C(=O)OC)/C=c3\[n-]/c(c(C)c3CC)=C\2)[C@@H](CCC(=O)OCC[C@@H](C)CCC[C@H](C)CCC[C@H](C)CCCC(C)C)[C@@H]1C.[Mg+2]. The van der Waals surface area contributed by atoms with E-state index in [1.54, 1.807) is 0 Å². The fourth-order valence-corrected chi connectivity index (χ4v) is 10.3. The van der Waals surface area contributed by atoms with Crippen molar-refractivity contribution in [2.24, 2.45) is 41.4 Å². The zero-order valence-electron chi connectivity index (χ0n) is 41.5. The molecule has 2 aliphatic heterocycles. The molecule has 1 saturated heterocycles. The number of esters is 2. The summed E-state index contributed by atoms with van der Waals surface area (Å²) in [7, 11) is 1.30. The zero-order chi connectivity index (χ0) is 46.4. The first-order chi connectivity index (χ1) is 30.6. The second-order valence-corrected chi connectivity index (χ2v) is 19.8. The summed E-state index contributed by atoms with van der Waals surface area (Å²) < 4.78 is 11.1. The van der Waals surface area contributed by atoms with E-state index in [2.05, 4.69) is 62.0 Å². The Morgan fingerprint density at radius 1 is 0.785 bits per heavy atom. The molecule has 3 aliphatic rings. The number of allylic oxidation sites excluding steroid dienone is 2. The molecule has 5 heterocycles. The van der Waals surface area contributed by atoms with Gasteiger partial charge in [-0.1, -0.05) is 165 Å². The standard InChI is InChI=1S/C55H75N4O5.Mg/c1-13-39-35(8)42-28-44-37(10)41(24-25-48(60)64-27-26-34(7)23-17-22-33(6)21-16-20-32(5)19-15-18-31(3)4)52(58-44)50-51(55(62)63-12)54(61)49-38(11)45(59-53(49)50)30-47-40(14-2)36(9)43(57-47)29-46(39)56-42;/h13,28-34,37,41,51H,1,14-27H2,2-12H3,(H-,58,59,61);/q-3;+2/p-1/b43-29-,44-28-,47-30-;/t32-,33-,34+,37+,41+,51-;/m1./s1. The number of fused-ring (bicyclic) bond motifs is 7. The predicted molar refractivity (Wildman–Crippen MR) is 265 cm³/mol. The Morgan fingerprint density at radius 3 is 1.98 bits per heavy atom. The van der Waals surface area contributed by atoms with Crippen LogP contribution in [-0.4, -0.2) is 54.5 Å². The quantitative estimate of drug-likeness (QED) is 0.0588. The summed E-state index contributed by atoms with van der Waals surface area (Å²) >= 11 is 0. The molecule has 0 radical (unpaired) electrons. The summed E-state index contributed by atoms with van der Waals surface area (Å²) in [5, 5.41) is 6.85. The van der Waals surface area contributed by atoms with E-state index in [9.17, 15) is 14.4 Å². The number of hydrogen-bond acceptors (Lipinski definition) is 5. The maximum atomic E-state index is 14.4. The Hall–Kier alpha value is -4.02. The normalized spacial score (nSPS) is 21.9. The molecule has 3 aromatic heterocycles. The number of Topliss-reactive ketones (excluding diaryl/α,β-unsaturated/α-hetero) is 1. The van der Waals surface area contributed by atoms with Gasteiger partial charge in [0.05, 0.1) is 13.7 Å². The molecule has 1 fully saturated rings. The molecule has 1 aliphatic carbocycles. The molecular weight excluding hydrogens is 821 g/mol. The van der Waals surface area contributed by atoms with E-state index < -0.39 is 11.9 Å². The fourth-order valence-electron chi connectivity index (χ4n) is 10.3. The first-order valence-electron chi connectivity index (χ1n) is 24.4. The molecule has 65 heavy (non-hydrogen) atoms. The largest absolute Gasteiger partial charge is 2.00 e. The van der Waals surface area contributed by atoms with E-state index in [-0.39, 0.29) is 53.1 Å². The van der Waals surface area contributed by atoms with Crippen molar-refractivity contribution < 1.29 is 23.9 Å². The molecule has 3 aromatic rings. The van der Waals surface area contributed by atoms with Gasteiger partial charge in [-0.05, 0) is 81.1 Å². The molecule has 0 unspecified atom stereocenters. The number of ketones is 1. The van der Waals surface area contributed by atoms with Crippen LogP contribution in [0.3, 0.4) is 0 Å². The zero-order valence-corrected chi connectivity index (χ0v) is 42.9. The van der Waals surface area contributed by atoms with Crippen molar-refractivity contribution in [2.75, 3.05) is 13.7 Å². The smallest absolute Gasteiger partial charge is 0.664 e. The van der Waals surface area contributed by atoms with Crippen LogP contribution in [0.25, 0.3) is 35.2 Å². The Morgan fingerprint density at radius 2 is 1.38 bits per heavy atom. The summed E-state index contributed by atoms with van der Waals surface area (Å²) in [6.45, 7) is 26.4. The number of aromatic nitrogens is 3. The van der Waals surface area contributed by atoms with E-state index >= 15 is 0 Å². The third-order valence-corrected chi connectivity index (χ3v) is 14.5. The fraction of sp³-hybridized carbons (Fsp3) is 0.582. The Balaban J connectivity index is 0.00000793. The molecule has 0 amide bonds. The van der Waals surface area contributed by atoms with E-state index in [0.717, 1.165) is 87.1 Å². The molecule has 9 nitrogen and oxygen atoms in total. The van der Waals surface area contributed by atoms with Crippen molar-refractivity contribution in [1.29, 1.82) is 0 Å². The van der Waals surface area contributed by atoms with Gasteiger partial charge in [0.2, 0.25) is 0 Å². The molecule has 0 N–H and O–H groups in total. The number of methoxy groups -OCH3 is 1. The number of ether oxygens (including phenoxy) is 2. The number of nitrogens with zero attached hydrogens (tertiary/aromatic N) is 4. The van der Waals surface area contributed by atoms with Crippen molar-refractivity contribution in [2.45, 2.75) is 153 Å². The first kappa shape index (κ1) is 52.0. The van der Waals surface area contributed by atoms with Gasteiger partial charge in [-0.15, -0.1) is 33.5 Å². The summed E-state index contributed by atoms with van der Waals surface area (Å²) in [6, 6.07) is 0.